The van der Waals surface area contributed by atoms with Gasteiger partial charge in [-0.05, 0) is 32.8 Å². The number of hydrogen-bond acceptors (Lipinski definition) is 4. The van der Waals surface area contributed by atoms with Crippen LogP contribution in [0, 0.1) is 0 Å². The highest BCUT2D eigenvalue weighted by Crippen LogP contribution is 2.22. The summed E-state index contributed by atoms with van der Waals surface area (Å²) in [5.41, 5.74) is 0. The van der Waals surface area contributed by atoms with E-state index in [4.69, 9.17) is 9.47 Å². The lowest BCUT2D eigenvalue weighted by Crippen LogP contribution is -2.22. The molecule has 1 atom stereocenters. The van der Waals surface area contributed by atoms with Crippen LogP contribution in [0.25, 0.3) is 0 Å². The van der Waals surface area contributed by atoms with Crippen molar-refractivity contribution in [1.82, 2.24) is 5.32 Å². The normalized spacial score (nSPS) is 18.6. The van der Waals surface area contributed by atoms with Crippen LogP contribution in [0.5, 0.6) is 0 Å². The van der Waals surface area contributed by atoms with Crippen molar-refractivity contribution in [2.75, 3.05) is 13.2 Å². The van der Waals surface area contributed by atoms with Gasteiger partial charge in [0.05, 0.1) is 6.61 Å². The molecule has 0 aromatic rings. The van der Waals surface area contributed by atoms with Gasteiger partial charge in [0, 0.05) is 6.54 Å². The van der Waals surface area contributed by atoms with E-state index in [1.54, 1.807) is 13.8 Å². The van der Waals surface area contributed by atoms with E-state index in [2.05, 4.69) is 11.9 Å². The molecule has 18 heavy (non-hydrogen) atoms. The van der Waals surface area contributed by atoms with Gasteiger partial charge in [-0.15, -0.1) is 0 Å². The summed E-state index contributed by atoms with van der Waals surface area (Å²) in [5, 5.41) is 2.67. The summed E-state index contributed by atoms with van der Waals surface area (Å²) in [6.45, 7) is 7.80. The predicted octanol–water partition coefficient (Wildman–Crippen LogP) is 1.30. The maximum atomic E-state index is 11.6. The summed E-state index contributed by atoms with van der Waals surface area (Å²) < 4.78 is 10.7. The first kappa shape index (κ1) is 14.3. The van der Waals surface area contributed by atoms with Gasteiger partial charge < -0.3 is 14.8 Å². The lowest BCUT2D eigenvalue weighted by molar-refractivity contribution is -0.123. The third-order valence-corrected chi connectivity index (χ3v) is 2.57. The number of hydrogen-bond donors (Lipinski definition) is 1. The number of unbranched alkanes of at least 4 members (excludes halogenated alkanes) is 1. The topological polar surface area (TPSA) is 64.6 Å². The molecule has 0 saturated heterocycles. The average molecular weight is 253 g/mol. The zero-order valence-electron chi connectivity index (χ0n) is 10.8. The lowest BCUT2D eigenvalue weighted by atomic mass is 10.2. The monoisotopic (exact) mass is 253 g/mol. The van der Waals surface area contributed by atoms with Gasteiger partial charge in [-0.2, -0.15) is 0 Å². The van der Waals surface area contributed by atoms with Crippen LogP contribution < -0.4 is 5.32 Å². The first-order valence-corrected chi connectivity index (χ1v) is 6.01. The minimum Gasteiger partial charge on any atom is -0.487 e. The molecule has 1 unspecified atom stereocenters. The number of carbonyl (C=O) groups is 2. The highest BCUT2D eigenvalue weighted by atomic mass is 16.5. The second-order valence-corrected chi connectivity index (χ2v) is 4.06. The Morgan fingerprint density at radius 3 is 2.83 bits per heavy atom. The Morgan fingerprint density at radius 2 is 2.28 bits per heavy atom. The molecule has 5 heteroatoms. The number of amides is 1. The van der Waals surface area contributed by atoms with Gasteiger partial charge in [0.15, 0.2) is 6.10 Å². The molecule has 0 aromatic heterocycles. The summed E-state index contributed by atoms with van der Waals surface area (Å²) in [7, 11) is 0. The standard InChI is InChI=1S/C13H19NO4/c1-4-11(15)14-7-5-6-8-17-13-10(3)18-9(2)12(13)16/h4,9H,1,5-8H2,2-3H3,(H,14,15). The molecule has 0 fully saturated rings. The van der Waals surface area contributed by atoms with Crippen molar-refractivity contribution in [2.24, 2.45) is 0 Å². The fourth-order valence-corrected chi connectivity index (χ4v) is 1.59. The van der Waals surface area contributed by atoms with Crippen LogP contribution >= 0.6 is 0 Å². The number of nitrogens with one attached hydrogen (secondary N) is 1. The number of rotatable bonds is 7. The molecular formula is C13H19NO4. The van der Waals surface area contributed by atoms with Gasteiger partial charge in [0.25, 0.3) is 0 Å². The van der Waals surface area contributed by atoms with E-state index < -0.39 is 6.10 Å². The van der Waals surface area contributed by atoms with Crippen molar-refractivity contribution >= 4 is 11.7 Å². The Kier molecular flexibility index (Phi) is 5.42. The second kappa shape index (κ2) is 6.83. The van der Waals surface area contributed by atoms with Crippen LogP contribution in [-0.2, 0) is 19.1 Å². The van der Waals surface area contributed by atoms with Gasteiger partial charge in [0.2, 0.25) is 17.4 Å². The molecule has 0 aromatic carbocycles. The lowest BCUT2D eigenvalue weighted by Gasteiger charge is -2.06. The Labute approximate surface area is 107 Å². The molecule has 100 valence electrons. The molecule has 1 aliphatic rings. The number of allylic oxidation sites excluding steroid dienone is 1. The largest absolute Gasteiger partial charge is 0.487 e. The van der Waals surface area contributed by atoms with E-state index in [0.29, 0.717) is 24.7 Å². The smallest absolute Gasteiger partial charge is 0.243 e. The fraction of sp³-hybridized carbons (Fsp3) is 0.538. The van der Waals surface area contributed by atoms with Crippen LogP contribution in [0.15, 0.2) is 24.2 Å². The summed E-state index contributed by atoms with van der Waals surface area (Å²) >= 11 is 0. The molecule has 1 rings (SSSR count). The molecule has 0 aliphatic carbocycles. The van der Waals surface area contributed by atoms with E-state index >= 15 is 0 Å². The van der Waals surface area contributed by atoms with Crippen molar-refractivity contribution in [3.05, 3.63) is 24.2 Å². The number of ether oxygens (including phenoxy) is 2. The molecule has 1 amide bonds. The van der Waals surface area contributed by atoms with Crippen molar-refractivity contribution in [3.63, 3.8) is 0 Å². The molecular weight excluding hydrogens is 234 g/mol. The van der Waals surface area contributed by atoms with Gasteiger partial charge in [-0.1, -0.05) is 6.58 Å². The minimum atomic E-state index is -0.438. The zero-order valence-corrected chi connectivity index (χ0v) is 10.8. The molecule has 0 saturated carbocycles. The Hall–Kier alpha value is -1.78. The minimum absolute atomic E-state index is 0.104. The number of Topliss-reactive ketones (excluding diaryl/α,β-unsaturated/α-hetero) is 1. The van der Waals surface area contributed by atoms with Crippen molar-refractivity contribution in [2.45, 2.75) is 32.8 Å². The maximum Gasteiger partial charge on any atom is 0.243 e. The SMILES string of the molecule is C=CC(=O)NCCCCOC1=C(C)OC(C)C1=O. The van der Waals surface area contributed by atoms with Crippen molar-refractivity contribution in [3.8, 4) is 0 Å². The van der Waals surface area contributed by atoms with Crippen LogP contribution in [0.1, 0.15) is 26.7 Å². The molecule has 5 nitrogen and oxygen atoms in total. The van der Waals surface area contributed by atoms with Crippen LogP contribution in [0.2, 0.25) is 0 Å². The Morgan fingerprint density at radius 1 is 1.56 bits per heavy atom. The number of ketones is 1. The number of carbonyl (C=O) groups excluding carboxylic acids is 2. The predicted molar refractivity (Wildman–Crippen MR) is 66.6 cm³/mol. The van der Waals surface area contributed by atoms with Crippen molar-refractivity contribution < 1.29 is 19.1 Å². The van der Waals surface area contributed by atoms with Crippen LogP contribution in [0.3, 0.4) is 0 Å². The third-order valence-electron chi connectivity index (χ3n) is 2.57. The maximum absolute atomic E-state index is 11.6. The van der Waals surface area contributed by atoms with E-state index in [9.17, 15) is 9.59 Å². The first-order chi connectivity index (χ1) is 8.56. The Balaban J connectivity index is 2.15. The van der Waals surface area contributed by atoms with E-state index in [1.807, 2.05) is 0 Å². The summed E-state index contributed by atoms with van der Waals surface area (Å²) in [5.74, 6) is 0.597. The van der Waals surface area contributed by atoms with Gasteiger partial charge in [-0.3, -0.25) is 9.59 Å². The molecule has 1 aliphatic heterocycles. The fourth-order valence-electron chi connectivity index (χ4n) is 1.59. The molecule has 0 spiro atoms. The molecule has 0 bridgehead atoms. The average Bonchev–Trinajstić information content (AvgIpc) is 2.59. The van der Waals surface area contributed by atoms with Crippen molar-refractivity contribution in [1.29, 1.82) is 0 Å². The first-order valence-electron chi connectivity index (χ1n) is 6.01. The summed E-state index contributed by atoms with van der Waals surface area (Å²) in [6, 6.07) is 0. The Bertz CT molecular complexity index is 373. The molecule has 1 heterocycles. The van der Waals surface area contributed by atoms with Crippen LogP contribution in [0.4, 0.5) is 0 Å². The van der Waals surface area contributed by atoms with Gasteiger partial charge >= 0.3 is 0 Å². The highest BCUT2D eigenvalue weighted by molar-refractivity contribution is 5.99. The summed E-state index contributed by atoms with van der Waals surface area (Å²) in [4.78, 5) is 22.4. The van der Waals surface area contributed by atoms with E-state index in [-0.39, 0.29) is 11.7 Å². The second-order valence-electron chi connectivity index (χ2n) is 4.06. The third kappa shape index (κ3) is 3.91. The quantitative estimate of drug-likeness (QED) is 0.548. The molecule has 0 radical (unpaired) electrons. The summed E-state index contributed by atoms with van der Waals surface area (Å²) in [6.07, 6.45) is 2.35. The highest BCUT2D eigenvalue weighted by Gasteiger charge is 2.30. The van der Waals surface area contributed by atoms with E-state index in [1.165, 1.54) is 6.08 Å². The van der Waals surface area contributed by atoms with Gasteiger partial charge in [0.1, 0.15) is 5.76 Å². The molecule has 1 N–H and O–H groups in total. The van der Waals surface area contributed by atoms with Crippen LogP contribution in [-0.4, -0.2) is 30.9 Å². The van der Waals surface area contributed by atoms with E-state index in [0.717, 1.165) is 12.8 Å². The zero-order chi connectivity index (χ0) is 13.5. The van der Waals surface area contributed by atoms with Gasteiger partial charge in [-0.25, -0.2) is 0 Å².